The van der Waals surface area contributed by atoms with Gasteiger partial charge in [0.1, 0.15) is 11.6 Å². The number of aliphatic hydroxyl groups is 3. The van der Waals surface area contributed by atoms with Gasteiger partial charge in [-0.3, -0.25) is 19.2 Å². The summed E-state index contributed by atoms with van der Waals surface area (Å²) in [6.45, 7) is 11.1. The largest absolute Gasteiger partial charge is 0.394 e. The van der Waals surface area contributed by atoms with Crippen LogP contribution in [0.5, 0.6) is 0 Å². The molecule has 24 heavy (non-hydrogen) atoms. The zero-order valence-corrected chi connectivity index (χ0v) is 12.9. The Hall–Kier alpha value is -2.68. The number of ketones is 3. The summed E-state index contributed by atoms with van der Waals surface area (Å²) in [7, 11) is 0. The lowest BCUT2D eigenvalue weighted by atomic mass is 9.69. The van der Waals surface area contributed by atoms with Crippen LogP contribution in [0.1, 0.15) is 0 Å². The quantitative estimate of drug-likeness (QED) is 0.262. The average molecular weight is 337 g/mol. The highest BCUT2D eigenvalue weighted by molar-refractivity contribution is 6.20. The van der Waals surface area contributed by atoms with Gasteiger partial charge in [0.25, 0.3) is 0 Å². The van der Waals surface area contributed by atoms with Crippen LogP contribution in [-0.4, -0.2) is 62.4 Å². The highest BCUT2D eigenvalue weighted by atomic mass is 16.3. The van der Waals surface area contributed by atoms with Crippen molar-refractivity contribution in [2.24, 2.45) is 0 Å². The van der Waals surface area contributed by atoms with E-state index >= 15 is 0 Å². The molecule has 0 heterocycles. The summed E-state index contributed by atoms with van der Waals surface area (Å²) in [4.78, 5) is 47.8. The average Bonchev–Trinajstić information content (AvgIpc) is 2.62. The minimum Gasteiger partial charge on any atom is -0.394 e. The van der Waals surface area contributed by atoms with Gasteiger partial charge in [-0.25, -0.2) is 0 Å². The van der Waals surface area contributed by atoms with E-state index in [-0.39, 0.29) is 0 Å². The molecule has 0 fully saturated rings. The molecule has 130 valence electrons. The van der Waals surface area contributed by atoms with Gasteiger partial charge in [-0.1, -0.05) is 26.3 Å². The number of carbonyl (C=O) groups is 4. The normalized spacial score (nSPS) is 14.5. The number of aliphatic hydroxyl groups excluding tert-OH is 2. The summed E-state index contributed by atoms with van der Waals surface area (Å²) < 4.78 is 0. The van der Waals surface area contributed by atoms with E-state index < -0.39 is 47.1 Å². The molecule has 2 atom stereocenters. The van der Waals surface area contributed by atoms with Crippen molar-refractivity contribution in [3.63, 3.8) is 0 Å². The molecule has 8 heteroatoms. The van der Waals surface area contributed by atoms with Gasteiger partial charge in [0.15, 0.2) is 17.3 Å². The van der Waals surface area contributed by atoms with Gasteiger partial charge in [0.05, 0.1) is 6.61 Å². The minimum absolute atomic E-state index is 0.539. The second kappa shape index (κ2) is 8.25. The number of nitrogens with one attached hydrogen (secondary N) is 1. The van der Waals surface area contributed by atoms with Gasteiger partial charge in [0.2, 0.25) is 11.5 Å². The molecular weight excluding hydrogens is 318 g/mol. The van der Waals surface area contributed by atoms with Gasteiger partial charge in [-0.05, 0) is 24.3 Å². The summed E-state index contributed by atoms with van der Waals surface area (Å²) in [6.07, 6.45) is 0.00853. The Balaban J connectivity index is 6.81. The highest BCUT2D eigenvalue weighted by Crippen LogP contribution is 2.30. The van der Waals surface area contributed by atoms with Crippen LogP contribution in [-0.2, 0) is 19.2 Å². The van der Waals surface area contributed by atoms with Crippen LogP contribution in [0.3, 0.4) is 0 Å². The maximum Gasteiger partial charge on any atom is 0.244 e. The first kappa shape index (κ1) is 21.3. The first-order valence-electron chi connectivity index (χ1n) is 6.58. The van der Waals surface area contributed by atoms with Crippen LogP contribution in [0.4, 0.5) is 0 Å². The third-order valence-corrected chi connectivity index (χ3v) is 3.45. The molecule has 4 N–H and O–H groups in total. The van der Waals surface area contributed by atoms with E-state index in [2.05, 4.69) is 26.3 Å². The van der Waals surface area contributed by atoms with Crippen molar-refractivity contribution in [1.29, 1.82) is 0 Å². The molecular formula is C16H19NO7. The Bertz CT molecular complexity index is 588. The fourth-order valence-electron chi connectivity index (χ4n) is 2.08. The van der Waals surface area contributed by atoms with Crippen molar-refractivity contribution in [3.05, 3.63) is 50.6 Å². The minimum atomic E-state index is -3.25. The molecule has 0 aliphatic rings. The molecule has 0 spiro atoms. The van der Waals surface area contributed by atoms with E-state index in [9.17, 15) is 34.5 Å². The van der Waals surface area contributed by atoms with E-state index in [4.69, 9.17) is 0 Å². The molecule has 2 unspecified atom stereocenters. The van der Waals surface area contributed by atoms with Crippen LogP contribution < -0.4 is 5.32 Å². The second-order valence-corrected chi connectivity index (χ2v) is 4.68. The van der Waals surface area contributed by atoms with Gasteiger partial charge in [-0.15, -0.1) is 0 Å². The van der Waals surface area contributed by atoms with E-state index in [1.165, 1.54) is 0 Å². The number of hydrogen-bond acceptors (Lipinski definition) is 7. The summed E-state index contributed by atoms with van der Waals surface area (Å²) in [6, 6.07) is 0. The lowest BCUT2D eigenvalue weighted by Crippen LogP contribution is -2.78. The fraction of sp³-hybridized carbons (Fsp3) is 0.250. The Morgan fingerprint density at radius 2 is 1.42 bits per heavy atom. The predicted octanol–water partition coefficient (Wildman–Crippen LogP) is -1.62. The van der Waals surface area contributed by atoms with E-state index in [1.807, 2.05) is 5.32 Å². The molecule has 0 aliphatic carbocycles. The van der Waals surface area contributed by atoms with Crippen LogP contribution in [0.25, 0.3) is 0 Å². The van der Waals surface area contributed by atoms with Gasteiger partial charge < -0.3 is 20.6 Å². The van der Waals surface area contributed by atoms with Crippen molar-refractivity contribution in [1.82, 2.24) is 5.32 Å². The van der Waals surface area contributed by atoms with E-state index in [1.54, 1.807) is 0 Å². The van der Waals surface area contributed by atoms with Crippen molar-refractivity contribution in [2.45, 2.75) is 17.2 Å². The number of hydrogen-bond donors (Lipinski definition) is 4. The molecule has 0 rings (SSSR count). The lowest BCUT2D eigenvalue weighted by molar-refractivity contribution is -0.170. The van der Waals surface area contributed by atoms with Crippen molar-refractivity contribution >= 4 is 23.3 Å². The van der Waals surface area contributed by atoms with Crippen molar-refractivity contribution in [3.8, 4) is 0 Å². The molecule has 1 amide bonds. The molecule has 0 aromatic rings. The standard InChI is InChI=1S/C16H19NO7/c1-5-10(19)14(23)15(9-18,17-13(22)8-4)16(24,11(20)6-2)12(21)7-3/h5-8,14,18,23-24H,1-4,9H2,(H,17,22). The van der Waals surface area contributed by atoms with Crippen LogP contribution in [0.2, 0.25) is 0 Å². The molecule has 0 saturated carbocycles. The highest BCUT2D eigenvalue weighted by Gasteiger charge is 2.64. The van der Waals surface area contributed by atoms with E-state index in [0.29, 0.717) is 24.3 Å². The Morgan fingerprint density at radius 3 is 1.71 bits per heavy atom. The molecule has 0 aromatic heterocycles. The smallest absolute Gasteiger partial charge is 0.244 e. The lowest BCUT2D eigenvalue weighted by Gasteiger charge is -2.45. The Labute approximate surface area is 138 Å². The predicted molar refractivity (Wildman–Crippen MR) is 84.7 cm³/mol. The van der Waals surface area contributed by atoms with Crippen LogP contribution >= 0.6 is 0 Å². The maximum atomic E-state index is 12.2. The Kier molecular flexibility index (Phi) is 7.33. The molecule has 0 aliphatic heterocycles. The number of amides is 1. The monoisotopic (exact) mass is 337 g/mol. The first-order chi connectivity index (χ1) is 11.1. The summed E-state index contributed by atoms with van der Waals surface area (Å²) >= 11 is 0. The van der Waals surface area contributed by atoms with Crippen LogP contribution in [0.15, 0.2) is 50.6 Å². The summed E-state index contributed by atoms with van der Waals surface area (Å²) in [5.74, 6) is -4.99. The molecule has 0 radical (unpaired) electrons. The van der Waals surface area contributed by atoms with Gasteiger partial charge in [-0.2, -0.15) is 0 Å². The second-order valence-electron chi connectivity index (χ2n) is 4.68. The SMILES string of the molecule is C=CC(=O)NC(CO)(C(O)C(=O)C=C)C(O)(C(=O)C=C)C(=O)C=C. The van der Waals surface area contributed by atoms with Crippen molar-refractivity contribution < 1.29 is 34.5 Å². The fourth-order valence-corrected chi connectivity index (χ4v) is 2.08. The van der Waals surface area contributed by atoms with Crippen molar-refractivity contribution in [2.75, 3.05) is 6.61 Å². The van der Waals surface area contributed by atoms with Gasteiger partial charge >= 0.3 is 0 Å². The molecule has 8 nitrogen and oxygen atoms in total. The summed E-state index contributed by atoms with van der Waals surface area (Å²) in [5, 5.41) is 32.6. The zero-order valence-electron chi connectivity index (χ0n) is 12.9. The molecule has 0 bridgehead atoms. The molecule has 0 saturated heterocycles. The molecule has 0 aromatic carbocycles. The van der Waals surface area contributed by atoms with E-state index in [0.717, 1.165) is 0 Å². The first-order valence-corrected chi connectivity index (χ1v) is 6.58. The zero-order chi connectivity index (χ0) is 19.1. The maximum absolute atomic E-state index is 12.2. The summed E-state index contributed by atoms with van der Waals surface area (Å²) in [5.41, 5.74) is -6.07. The third-order valence-electron chi connectivity index (χ3n) is 3.45. The Morgan fingerprint density at radius 1 is 0.958 bits per heavy atom. The third kappa shape index (κ3) is 3.30. The van der Waals surface area contributed by atoms with Gasteiger partial charge in [0, 0.05) is 0 Å². The van der Waals surface area contributed by atoms with Crippen LogP contribution in [0, 0.1) is 0 Å². The number of carbonyl (C=O) groups excluding carboxylic acids is 4. The topological polar surface area (TPSA) is 141 Å². The number of rotatable bonds is 11.